The predicted octanol–water partition coefficient (Wildman–Crippen LogP) is 2.96. The maximum atomic E-state index is 8.68. The van der Waals surface area contributed by atoms with E-state index in [1.165, 1.54) is 15.5 Å². The molecule has 3 rings (SSSR count). The number of fused-ring (bicyclic) bond motifs is 3. The summed E-state index contributed by atoms with van der Waals surface area (Å²) in [5, 5.41) is 12.1. The van der Waals surface area contributed by atoms with Crippen molar-refractivity contribution >= 4 is 32.3 Å². The maximum Gasteiger partial charge on any atom is 0.120 e. The Morgan fingerprint density at radius 3 is 2.94 bits per heavy atom. The highest BCUT2D eigenvalue weighted by atomic mass is 32.1. The Kier molecular flexibility index (Phi) is 3.23. The van der Waals surface area contributed by atoms with Crippen LogP contribution in [0.15, 0.2) is 36.4 Å². The van der Waals surface area contributed by atoms with Crippen molar-refractivity contribution in [1.82, 2.24) is 4.98 Å². The van der Waals surface area contributed by atoms with Crippen LogP contribution in [0.5, 0.6) is 0 Å². The molecule has 92 valence electrons. The molecule has 0 aliphatic heterocycles. The first-order valence-corrected chi connectivity index (χ1v) is 6.66. The molecule has 1 N–H and O–H groups in total. The van der Waals surface area contributed by atoms with E-state index in [9.17, 15) is 0 Å². The lowest BCUT2D eigenvalue weighted by Crippen LogP contribution is -1.98. The predicted molar refractivity (Wildman–Crippen MR) is 73.9 cm³/mol. The molecule has 1 heterocycles. The van der Waals surface area contributed by atoms with Gasteiger partial charge in [0, 0.05) is 5.39 Å². The molecule has 0 spiro atoms. The minimum Gasteiger partial charge on any atom is -0.394 e. The summed E-state index contributed by atoms with van der Waals surface area (Å²) in [6.45, 7) is 0.874. The number of rotatable bonds is 4. The van der Waals surface area contributed by atoms with Crippen LogP contribution in [0.25, 0.3) is 21.0 Å². The highest BCUT2D eigenvalue weighted by molar-refractivity contribution is 7.19. The molecule has 1 aromatic heterocycles. The van der Waals surface area contributed by atoms with Crippen LogP contribution < -0.4 is 0 Å². The summed E-state index contributed by atoms with van der Waals surface area (Å²) < 4.78 is 6.51. The summed E-state index contributed by atoms with van der Waals surface area (Å²) in [5.41, 5.74) is 1.02. The molecule has 0 amide bonds. The number of aliphatic hydroxyl groups excluding tert-OH is 1. The minimum absolute atomic E-state index is 0.0494. The van der Waals surface area contributed by atoms with E-state index in [0.717, 1.165) is 10.5 Å². The number of nitrogens with zero attached hydrogens (tertiary/aromatic N) is 1. The van der Waals surface area contributed by atoms with Crippen molar-refractivity contribution < 1.29 is 9.84 Å². The van der Waals surface area contributed by atoms with E-state index in [0.29, 0.717) is 13.2 Å². The molecule has 18 heavy (non-hydrogen) atoms. The van der Waals surface area contributed by atoms with E-state index in [1.54, 1.807) is 11.3 Å². The summed E-state index contributed by atoms with van der Waals surface area (Å²) in [5.74, 6) is 0. The summed E-state index contributed by atoms with van der Waals surface area (Å²) in [4.78, 5) is 4.55. The average molecular weight is 259 g/mol. The van der Waals surface area contributed by atoms with E-state index < -0.39 is 0 Å². The van der Waals surface area contributed by atoms with Gasteiger partial charge in [0.2, 0.25) is 0 Å². The maximum absolute atomic E-state index is 8.68. The van der Waals surface area contributed by atoms with Gasteiger partial charge in [0.1, 0.15) is 5.01 Å². The van der Waals surface area contributed by atoms with Crippen molar-refractivity contribution in [3.05, 3.63) is 41.4 Å². The van der Waals surface area contributed by atoms with Gasteiger partial charge in [-0.1, -0.05) is 30.3 Å². The van der Waals surface area contributed by atoms with Gasteiger partial charge in [-0.15, -0.1) is 11.3 Å². The van der Waals surface area contributed by atoms with Gasteiger partial charge in [-0.05, 0) is 11.5 Å². The van der Waals surface area contributed by atoms with Crippen LogP contribution in [-0.2, 0) is 11.3 Å². The van der Waals surface area contributed by atoms with E-state index in [1.807, 2.05) is 18.2 Å². The Morgan fingerprint density at radius 2 is 2.06 bits per heavy atom. The first-order valence-electron chi connectivity index (χ1n) is 5.84. The lowest BCUT2D eigenvalue weighted by atomic mass is 10.1. The van der Waals surface area contributed by atoms with E-state index in [-0.39, 0.29) is 6.61 Å². The first-order chi connectivity index (χ1) is 8.88. The number of aromatic nitrogens is 1. The largest absolute Gasteiger partial charge is 0.394 e. The van der Waals surface area contributed by atoms with Gasteiger partial charge >= 0.3 is 0 Å². The van der Waals surface area contributed by atoms with E-state index >= 15 is 0 Å². The zero-order chi connectivity index (χ0) is 12.4. The number of hydrogen-bond acceptors (Lipinski definition) is 4. The first kappa shape index (κ1) is 11.6. The van der Waals surface area contributed by atoms with Crippen LogP contribution in [0.4, 0.5) is 0 Å². The van der Waals surface area contributed by atoms with Crippen LogP contribution in [0.2, 0.25) is 0 Å². The molecule has 3 aromatic rings. The Hall–Kier alpha value is -1.49. The van der Waals surface area contributed by atoms with Gasteiger partial charge in [0.25, 0.3) is 0 Å². The third-order valence-corrected chi connectivity index (χ3v) is 3.86. The molecule has 0 aliphatic carbocycles. The third-order valence-electron chi connectivity index (χ3n) is 2.79. The molecular weight excluding hydrogens is 246 g/mol. The molecule has 0 radical (unpaired) electrons. The number of ether oxygens (including phenoxy) is 1. The molecule has 0 saturated heterocycles. The number of thiazole rings is 1. The molecule has 2 aromatic carbocycles. The van der Waals surface area contributed by atoms with Crippen LogP contribution >= 0.6 is 11.3 Å². The quantitative estimate of drug-likeness (QED) is 0.732. The summed E-state index contributed by atoms with van der Waals surface area (Å²) in [7, 11) is 0. The fourth-order valence-electron chi connectivity index (χ4n) is 1.99. The number of aliphatic hydroxyl groups is 1. The van der Waals surface area contributed by atoms with Crippen molar-refractivity contribution in [2.24, 2.45) is 0 Å². The number of benzene rings is 2. The summed E-state index contributed by atoms with van der Waals surface area (Å²) in [6.07, 6.45) is 0. The van der Waals surface area contributed by atoms with Gasteiger partial charge in [-0.25, -0.2) is 4.98 Å². The molecule has 0 saturated carbocycles. The molecule has 0 fully saturated rings. The molecule has 3 nitrogen and oxygen atoms in total. The smallest absolute Gasteiger partial charge is 0.120 e. The van der Waals surface area contributed by atoms with Crippen molar-refractivity contribution in [1.29, 1.82) is 0 Å². The second kappa shape index (κ2) is 5.02. The van der Waals surface area contributed by atoms with Crippen molar-refractivity contribution in [2.75, 3.05) is 13.2 Å². The van der Waals surface area contributed by atoms with Crippen LogP contribution in [0.1, 0.15) is 5.01 Å². The standard InChI is InChI=1S/C14H13NO2S/c16-7-8-17-9-13-15-12-6-5-10-3-1-2-4-11(10)14(12)18-13/h1-6,16H,7-9H2. The zero-order valence-electron chi connectivity index (χ0n) is 9.80. The second-order valence-electron chi connectivity index (χ2n) is 4.02. The van der Waals surface area contributed by atoms with Crippen molar-refractivity contribution in [3.63, 3.8) is 0 Å². The van der Waals surface area contributed by atoms with Gasteiger partial charge in [0.15, 0.2) is 0 Å². The molecular formula is C14H13NO2S. The molecule has 4 heteroatoms. The second-order valence-corrected chi connectivity index (χ2v) is 5.10. The topological polar surface area (TPSA) is 42.4 Å². The van der Waals surface area contributed by atoms with Gasteiger partial charge in [-0.3, -0.25) is 0 Å². The Balaban J connectivity index is 2.03. The average Bonchev–Trinajstić information content (AvgIpc) is 2.82. The third kappa shape index (κ3) is 2.10. The number of hydrogen-bond donors (Lipinski definition) is 1. The van der Waals surface area contributed by atoms with Crippen molar-refractivity contribution in [3.8, 4) is 0 Å². The summed E-state index contributed by atoms with van der Waals surface area (Å²) in [6, 6.07) is 12.5. The van der Waals surface area contributed by atoms with Crippen LogP contribution in [-0.4, -0.2) is 23.3 Å². The van der Waals surface area contributed by atoms with Crippen LogP contribution in [0, 0.1) is 0 Å². The summed E-state index contributed by atoms with van der Waals surface area (Å²) >= 11 is 1.66. The van der Waals surface area contributed by atoms with Gasteiger partial charge in [-0.2, -0.15) is 0 Å². The molecule has 0 atom stereocenters. The lowest BCUT2D eigenvalue weighted by Gasteiger charge is -1.96. The fourth-order valence-corrected chi connectivity index (χ4v) is 3.02. The normalized spacial score (nSPS) is 11.4. The van der Waals surface area contributed by atoms with E-state index in [2.05, 4.69) is 23.2 Å². The highest BCUT2D eigenvalue weighted by Crippen LogP contribution is 2.30. The van der Waals surface area contributed by atoms with Crippen molar-refractivity contribution in [2.45, 2.75) is 6.61 Å². The Labute approximate surface area is 109 Å². The Morgan fingerprint density at radius 1 is 1.17 bits per heavy atom. The zero-order valence-corrected chi connectivity index (χ0v) is 10.6. The fraction of sp³-hybridized carbons (Fsp3) is 0.214. The van der Waals surface area contributed by atoms with E-state index in [4.69, 9.17) is 9.84 Å². The molecule has 0 aliphatic rings. The monoisotopic (exact) mass is 259 g/mol. The lowest BCUT2D eigenvalue weighted by molar-refractivity contribution is 0.0815. The highest BCUT2D eigenvalue weighted by Gasteiger charge is 2.07. The van der Waals surface area contributed by atoms with Gasteiger partial charge in [0.05, 0.1) is 30.0 Å². The molecule has 0 bridgehead atoms. The minimum atomic E-state index is 0.0494. The Bertz CT molecular complexity index is 678. The van der Waals surface area contributed by atoms with Crippen LogP contribution in [0.3, 0.4) is 0 Å². The SMILES string of the molecule is OCCOCc1nc2ccc3ccccc3c2s1. The van der Waals surface area contributed by atoms with Gasteiger partial charge < -0.3 is 9.84 Å². The molecule has 0 unspecified atom stereocenters.